The van der Waals surface area contributed by atoms with E-state index in [-0.39, 0.29) is 0 Å². The summed E-state index contributed by atoms with van der Waals surface area (Å²) in [7, 11) is 0. The minimum atomic E-state index is 0.412. The summed E-state index contributed by atoms with van der Waals surface area (Å²) in [4.78, 5) is 12.0. The first-order valence-corrected chi connectivity index (χ1v) is 7.26. The van der Waals surface area contributed by atoms with Gasteiger partial charge in [0.2, 0.25) is 0 Å². The maximum atomic E-state index is 12.0. The van der Waals surface area contributed by atoms with E-state index in [0.29, 0.717) is 11.7 Å². The molecular weight excluding hydrogens is 196 g/mol. The van der Waals surface area contributed by atoms with Crippen molar-refractivity contribution in [3.05, 3.63) is 0 Å². The Hall–Kier alpha value is -0.330. The van der Waals surface area contributed by atoms with Gasteiger partial charge >= 0.3 is 0 Å². The second kappa shape index (κ2) is 7.86. The molecule has 0 aromatic heterocycles. The molecule has 0 aliphatic heterocycles. The van der Waals surface area contributed by atoms with Crippen molar-refractivity contribution in [2.24, 2.45) is 11.8 Å². The maximum absolute atomic E-state index is 12.0. The van der Waals surface area contributed by atoms with Gasteiger partial charge < -0.3 is 0 Å². The summed E-state index contributed by atoms with van der Waals surface area (Å²) in [5.41, 5.74) is 0. The smallest absolute Gasteiger partial charge is 0.135 e. The summed E-state index contributed by atoms with van der Waals surface area (Å²) in [6, 6.07) is 0. The van der Waals surface area contributed by atoms with Gasteiger partial charge in [-0.15, -0.1) is 0 Å². The number of ketones is 1. The summed E-state index contributed by atoms with van der Waals surface area (Å²) in [6.45, 7) is 4.52. The summed E-state index contributed by atoms with van der Waals surface area (Å²) in [5, 5.41) is 0. The highest BCUT2D eigenvalue weighted by Gasteiger charge is 2.24. The van der Waals surface area contributed by atoms with Gasteiger partial charge in [0.15, 0.2) is 0 Å². The van der Waals surface area contributed by atoms with Crippen molar-refractivity contribution in [1.82, 2.24) is 0 Å². The average Bonchev–Trinajstić information content (AvgIpc) is 2.28. The zero-order valence-electron chi connectivity index (χ0n) is 11.1. The molecule has 1 rings (SSSR count). The molecule has 0 spiro atoms. The molecule has 0 amide bonds. The summed E-state index contributed by atoms with van der Waals surface area (Å²) in [6.07, 6.45) is 12.1. The fourth-order valence-electron chi connectivity index (χ4n) is 2.83. The van der Waals surface area contributed by atoms with E-state index < -0.39 is 0 Å². The normalized spacial score (nSPS) is 25.6. The molecule has 2 atom stereocenters. The highest BCUT2D eigenvalue weighted by molar-refractivity contribution is 5.81. The van der Waals surface area contributed by atoms with Gasteiger partial charge in [0, 0.05) is 12.3 Å². The SMILES string of the molecule is CCCCCCCC(=O)C1CCCC(C)C1. The zero-order valence-corrected chi connectivity index (χ0v) is 11.1. The lowest BCUT2D eigenvalue weighted by Crippen LogP contribution is -2.21. The van der Waals surface area contributed by atoms with Crippen molar-refractivity contribution in [3.63, 3.8) is 0 Å². The molecule has 0 aromatic rings. The fraction of sp³-hybridized carbons (Fsp3) is 0.933. The third-order valence-electron chi connectivity index (χ3n) is 3.92. The molecule has 1 heteroatoms. The summed E-state index contributed by atoms with van der Waals surface area (Å²) < 4.78 is 0. The van der Waals surface area contributed by atoms with Gasteiger partial charge in [-0.2, -0.15) is 0 Å². The Morgan fingerprint density at radius 2 is 1.88 bits per heavy atom. The number of hydrogen-bond acceptors (Lipinski definition) is 1. The second-order valence-corrected chi connectivity index (χ2v) is 5.60. The molecular formula is C15H28O. The van der Waals surface area contributed by atoms with Gasteiger partial charge in [-0.05, 0) is 25.2 Å². The third kappa shape index (κ3) is 5.14. The quantitative estimate of drug-likeness (QED) is 0.571. The Balaban J connectivity index is 2.09. The van der Waals surface area contributed by atoms with Gasteiger partial charge in [-0.25, -0.2) is 0 Å². The highest BCUT2D eigenvalue weighted by Crippen LogP contribution is 2.30. The number of carbonyl (C=O) groups excluding carboxylic acids is 1. The van der Waals surface area contributed by atoms with E-state index in [1.807, 2.05) is 0 Å². The molecule has 1 saturated carbocycles. The van der Waals surface area contributed by atoms with Crippen molar-refractivity contribution < 1.29 is 4.79 Å². The molecule has 0 heterocycles. The third-order valence-corrected chi connectivity index (χ3v) is 3.92. The van der Waals surface area contributed by atoms with Crippen LogP contribution in [0.4, 0.5) is 0 Å². The van der Waals surface area contributed by atoms with Crippen LogP contribution >= 0.6 is 0 Å². The Morgan fingerprint density at radius 1 is 1.12 bits per heavy atom. The second-order valence-electron chi connectivity index (χ2n) is 5.60. The van der Waals surface area contributed by atoms with Crippen molar-refractivity contribution in [1.29, 1.82) is 0 Å². The van der Waals surface area contributed by atoms with E-state index in [1.54, 1.807) is 0 Å². The van der Waals surface area contributed by atoms with Crippen molar-refractivity contribution >= 4 is 5.78 Å². The lowest BCUT2D eigenvalue weighted by molar-refractivity contribution is -0.124. The Bertz CT molecular complexity index is 198. The van der Waals surface area contributed by atoms with Crippen LogP contribution in [-0.4, -0.2) is 5.78 Å². The molecule has 1 aliphatic carbocycles. The first kappa shape index (κ1) is 13.7. The number of Topliss-reactive ketones (excluding diaryl/α,β-unsaturated/α-hetero) is 1. The molecule has 0 bridgehead atoms. The number of rotatable bonds is 7. The highest BCUT2D eigenvalue weighted by atomic mass is 16.1. The van der Waals surface area contributed by atoms with Gasteiger partial charge in [0.05, 0.1) is 0 Å². The zero-order chi connectivity index (χ0) is 11.8. The fourth-order valence-corrected chi connectivity index (χ4v) is 2.83. The first-order valence-electron chi connectivity index (χ1n) is 7.26. The standard InChI is InChI=1S/C15H28O/c1-3-4-5-6-7-11-15(16)14-10-8-9-13(2)12-14/h13-14H,3-12H2,1-2H3. The van der Waals surface area contributed by atoms with Crippen molar-refractivity contribution in [2.75, 3.05) is 0 Å². The predicted molar refractivity (Wildman–Crippen MR) is 69.5 cm³/mol. The molecule has 1 aliphatic rings. The Kier molecular flexibility index (Phi) is 6.75. The lowest BCUT2D eigenvalue weighted by atomic mass is 9.79. The van der Waals surface area contributed by atoms with Crippen LogP contribution in [0.3, 0.4) is 0 Å². The van der Waals surface area contributed by atoms with Crippen LogP contribution in [0, 0.1) is 11.8 Å². The van der Waals surface area contributed by atoms with Gasteiger partial charge in [0.1, 0.15) is 5.78 Å². The molecule has 94 valence electrons. The molecule has 0 saturated heterocycles. The molecule has 0 N–H and O–H groups in total. The molecule has 2 unspecified atom stereocenters. The number of carbonyl (C=O) groups is 1. The van der Waals surface area contributed by atoms with Crippen LogP contribution in [0.5, 0.6) is 0 Å². The molecule has 1 fully saturated rings. The largest absolute Gasteiger partial charge is 0.299 e. The van der Waals surface area contributed by atoms with E-state index in [1.165, 1.54) is 38.5 Å². The number of hydrogen-bond donors (Lipinski definition) is 0. The van der Waals surface area contributed by atoms with Crippen LogP contribution < -0.4 is 0 Å². The maximum Gasteiger partial charge on any atom is 0.135 e. The Labute approximate surface area is 101 Å². The van der Waals surface area contributed by atoms with Crippen LogP contribution in [-0.2, 0) is 4.79 Å². The predicted octanol–water partition coefficient (Wildman–Crippen LogP) is 4.74. The van der Waals surface area contributed by atoms with E-state index in [2.05, 4.69) is 13.8 Å². The van der Waals surface area contributed by atoms with Crippen molar-refractivity contribution in [3.8, 4) is 0 Å². The van der Waals surface area contributed by atoms with Crippen molar-refractivity contribution in [2.45, 2.75) is 78.1 Å². The minimum absolute atomic E-state index is 0.412. The van der Waals surface area contributed by atoms with Crippen LogP contribution in [0.1, 0.15) is 78.1 Å². The van der Waals surface area contributed by atoms with Gasteiger partial charge in [-0.1, -0.05) is 52.4 Å². The molecule has 1 nitrogen and oxygen atoms in total. The summed E-state index contributed by atoms with van der Waals surface area (Å²) >= 11 is 0. The average molecular weight is 224 g/mol. The minimum Gasteiger partial charge on any atom is -0.299 e. The van der Waals surface area contributed by atoms with E-state index in [9.17, 15) is 4.79 Å². The van der Waals surface area contributed by atoms with Gasteiger partial charge in [0.25, 0.3) is 0 Å². The van der Waals surface area contributed by atoms with Crippen LogP contribution in [0.25, 0.3) is 0 Å². The monoisotopic (exact) mass is 224 g/mol. The molecule has 0 radical (unpaired) electrons. The molecule has 0 aromatic carbocycles. The topological polar surface area (TPSA) is 17.1 Å². The van der Waals surface area contributed by atoms with Gasteiger partial charge in [-0.3, -0.25) is 4.79 Å². The van der Waals surface area contributed by atoms with E-state index >= 15 is 0 Å². The lowest BCUT2D eigenvalue weighted by Gasteiger charge is -2.25. The Morgan fingerprint density at radius 3 is 2.56 bits per heavy atom. The van der Waals surface area contributed by atoms with Crippen LogP contribution in [0.15, 0.2) is 0 Å². The van der Waals surface area contributed by atoms with E-state index in [0.717, 1.165) is 31.6 Å². The van der Waals surface area contributed by atoms with Crippen LogP contribution in [0.2, 0.25) is 0 Å². The van der Waals surface area contributed by atoms with E-state index in [4.69, 9.17) is 0 Å². The molecule has 16 heavy (non-hydrogen) atoms. The first-order chi connectivity index (χ1) is 7.74. The number of unbranched alkanes of at least 4 members (excludes halogenated alkanes) is 4. The summed E-state index contributed by atoms with van der Waals surface area (Å²) in [5.74, 6) is 1.75.